The highest BCUT2D eigenvalue weighted by Gasteiger charge is 2.29. The maximum absolute atomic E-state index is 11.0. The van der Waals surface area contributed by atoms with Gasteiger partial charge in [0, 0.05) is 29.2 Å². The lowest BCUT2D eigenvalue weighted by atomic mass is 10.1. The molecule has 4 rings (SSSR count). The van der Waals surface area contributed by atoms with Crippen LogP contribution in [0.5, 0.6) is 0 Å². The van der Waals surface area contributed by atoms with E-state index in [1.54, 1.807) is 24.3 Å². The summed E-state index contributed by atoms with van der Waals surface area (Å²) in [6.07, 6.45) is 0.965. The SMILES string of the molecule is Cc1cc(Nc2ccc(C(=O)O)cc2)nc(N2c3ccccc3CC2C)n1. The van der Waals surface area contributed by atoms with Crippen molar-refractivity contribution >= 4 is 29.1 Å². The molecule has 1 aromatic heterocycles. The van der Waals surface area contributed by atoms with Crippen LogP contribution in [0.15, 0.2) is 54.6 Å². The number of carbonyl (C=O) groups is 1. The number of aryl methyl sites for hydroxylation is 1. The molecule has 0 amide bonds. The van der Waals surface area contributed by atoms with Crippen LogP contribution in [0.2, 0.25) is 0 Å². The highest BCUT2D eigenvalue weighted by molar-refractivity contribution is 5.88. The van der Waals surface area contributed by atoms with E-state index in [1.807, 2.05) is 19.1 Å². The van der Waals surface area contributed by atoms with E-state index in [9.17, 15) is 4.79 Å². The van der Waals surface area contributed by atoms with Gasteiger partial charge in [-0.2, -0.15) is 4.98 Å². The minimum Gasteiger partial charge on any atom is -0.478 e. The van der Waals surface area contributed by atoms with E-state index in [2.05, 4.69) is 40.3 Å². The van der Waals surface area contributed by atoms with Crippen LogP contribution in [-0.4, -0.2) is 27.1 Å². The molecule has 0 aliphatic carbocycles. The number of benzene rings is 2. The van der Waals surface area contributed by atoms with Crippen molar-refractivity contribution in [1.29, 1.82) is 0 Å². The summed E-state index contributed by atoms with van der Waals surface area (Å²) in [7, 11) is 0. The van der Waals surface area contributed by atoms with Gasteiger partial charge in [-0.25, -0.2) is 9.78 Å². The van der Waals surface area contributed by atoms with Crippen molar-refractivity contribution in [1.82, 2.24) is 9.97 Å². The Balaban J connectivity index is 1.65. The van der Waals surface area contributed by atoms with Gasteiger partial charge in [-0.05, 0) is 56.2 Å². The number of aromatic carboxylic acids is 1. The summed E-state index contributed by atoms with van der Waals surface area (Å²) in [5.74, 6) is 0.401. The summed E-state index contributed by atoms with van der Waals surface area (Å²) in [5, 5.41) is 12.3. The van der Waals surface area contributed by atoms with Gasteiger partial charge in [0.15, 0.2) is 0 Å². The third-order valence-corrected chi connectivity index (χ3v) is 4.67. The number of nitrogens with zero attached hydrogens (tertiary/aromatic N) is 3. The quantitative estimate of drug-likeness (QED) is 0.722. The van der Waals surface area contributed by atoms with Crippen molar-refractivity contribution in [3.8, 4) is 0 Å². The summed E-state index contributed by atoms with van der Waals surface area (Å²) in [4.78, 5) is 22.5. The van der Waals surface area contributed by atoms with Gasteiger partial charge in [-0.3, -0.25) is 0 Å². The second kappa shape index (κ2) is 6.72. The largest absolute Gasteiger partial charge is 0.478 e. The summed E-state index contributed by atoms with van der Waals surface area (Å²) < 4.78 is 0. The highest BCUT2D eigenvalue weighted by atomic mass is 16.4. The molecular weight excluding hydrogens is 340 g/mol. The first kappa shape index (κ1) is 17.0. The molecule has 0 radical (unpaired) electrons. The number of carboxylic acids is 1. The molecule has 0 spiro atoms. The zero-order chi connectivity index (χ0) is 19.0. The molecule has 1 unspecified atom stereocenters. The Bertz CT molecular complexity index is 1000. The molecule has 1 aliphatic heterocycles. The Morgan fingerprint density at radius 3 is 2.63 bits per heavy atom. The molecule has 2 heterocycles. The number of rotatable bonds is 4. The van der Waals surface area contributed by atoms with Crippen molar-refractivity contribution in [3.05, 3.63) is 71.4 Å². The van der Waals surface area contributed by atoms with E-state index in [0.717, 1.165) is 23.5 Å². The maximum Gasteiger partial charge on any atom is 0.335 e. The molecular formula is C21H20N4O2. The van der Waals surface area contributed by atoms with Crippen molar-refractivity contribution in [2.24, 2.45) is 0 Å². The minimum atomic E-state index is -0.941. The second-order valence-electron chi connectivity index (χ2n) is 6.75. The van der Waals surface area contributed by atoms with Crippen LogP contribution in [0, 0.1) is 6.92 Å². The summed E-state index contributed by atoms with van der Waals surface area (Å²) in [6, 6.07) is 17.1. The van der Waals surface area contributed by atoms with Gasteiger partial charge < -0.3 is 15.3 Å². The van der Waals surface area contributed by atoms with Crippen LogP contribution in [0.3, 0.4) is 0 Å². The maximum atomic E-state index is 11.0. The van der Waals surface area contributed by atoms with Crippen LogP contribution in [0.25, 0.3) is 0 Å². The fourth-order valence-corrected chi connectivity index (χ4v) is 3.44. The third-order valence-electron chi connectivity index (χ3n) is 4.67. The van der Waals surface area contributed by atoms with Crippen molar-refractivity contribution in [3.63, 3.8) is 0 Å². The van der Waals surface area contributed by atoms with Gasteiger partial charge in [-0.15, -0.1) is 0 Å². The van der Waals surface area contributed by atoms with Crippen LogP contribution in [0.4, 0.5) is 23.1 Å². The van der Waals surface area contributed by atoms with E-state index in [0.29, 0.717) is 11.8 Å². The first-order valence-electron chi connectivity index (χ1n) is 8.84. The molecule has 136 valence electrons. The van der Waals surface area contributed by atoms with Crippen LogP contribution >= 0.6 is 0 Å². The molecule has 1 atom stereocenters. The number of anilines is 4. The van der Waals surface area contributed by atoms with Gasteiger partial charge >= 0.3 is 5.97 Å². The molecule has 6 nitrogen and oxygen atoms in total. The first-order valence-corrected chi connectivity index (χ1v) is 8.84. The lowest BCUT2D eigenvalue weighted by Crippen LogP contribution is -2.26. The van der Waals surface area contributed by atoms with Gasteiger partial charge in [-0.1, -0.05) is 18.2 Å². The standard InChI is InChI=1S/C21H20N4O2/c1-13-11-19(23-17-9-7-15(8-10-17)20(26)27)24-21(22-13)25-14(2)12-16-5-3-4-6-18(16)25/h3-11,14H,12H2,1-2H3,(H,26,27)(H,22,23,24). The predicted molar refractivity (Wildman–Crippen MR) is 105 cm³/mol. The predicted octanol–water partition coefficient (Wildman–Crippen LogP) is 4.31. The zero-order valence-corrected chi connectivity index (χ0v) is 15.2. The van der Waals surface area contributed by atoms with Crippen molar-refractivity contribution in [2.75, 3.05) is 10.2 Å². The Morgan fingerprint density at radius 1 is 1.15 bits per heavy atom. The van der Waals surface area contributed by atoms with Gasteiger partial charge in [0.05, 0.1) is 5.56 Å². The number of para-hydroxylation sites is 1. The Hall–Kier alpha value is -3.41. The Morgan fingerprint density at radius 2 is 1.89 bits per heavy atom. The van der Waals surface area contributed by atoms with E-state index in [4.69, 9.17) is 10.1 Å². The molecule has 2 N–H and O–H groups in total. The molecule has 27 heavy (non-hydrogen) atoms. The summed E-state index contributed by atoms with van der Waals surface area (Å²) >= 11 is 0. The minimum absolute atomic E-state index is 0.252. The molecule has 0 saturated heterocycles. The van der Waals surface area contributed by atoms with Crippen molar-refractivity contribution < 1.29 is 9.90 Å². The fourth-order valence-electron chi connectivity index (χ4n) is 3.44. The topological polar surface area (TPSA) is 78.3 Å². The monoisotopic (exact) mass is 360 g/mol. The summed E-state index contributed by atoms with van der Waals surface area (Å²) in [5.41, 5.74) is 4.34. The van der Waals surface area contributed by atoms with E-state index in [-0.39, 0.29) is 11.6 Å². The van der Waals surface area contributed by atoms with Crippen molar-refractivity contribution in [2.45, 2.75) is 26.3 Å². The van der Waals surface area contributed by atoms with Gasteiger partial charge in [0.1, 0.15) is 5.82 Å². The van der Waals surface area contributed by atoms with Crippen LogP contribution < -0.4 is 10.2 Å². The molecule has 1 aliphatic rings. The average molecular weight is 360 g/mol. The Kier molecular flexibility index (Phi) is 4.24. The number of carboxylic acid groups (broad SMARTS) is 1. The highest BCUT2D eigenvalue weighted by Crippen LogP contribution is 2.36. The zero-order valence-electron chi connectivity index (χ0n) is 15.2. The number of fused-ring (bicyclic) bond motifs is 1. The lowest BCUT2D eigenvalue weighted by Gasteiger charge is -2.23. The smallest absolute Gasteiger partial charge is 0.335 e. The Labute approximate surface area is 157 Å². The van der Waals surface area contributed by atoms with E-state index in [1.165, 1.54) is 5.56 Å². The fraction of sp³-hybridized carbons (Fsp3) is 0.190. The normalized spacial score (nSPS) is 15.5. The second-order valence-corrected chi connectivity index (χ2v) is 6.75. The van der Waals surface area contributed by atoms with Gasteiger partial charge in [0.25, 0.3) is 0 Å². The molecule has 3 aromatic rings. The van der Waals surface area contributed by atoms with E-state index >= 15 is 0 Å². The number of hydrogen-bond donors (Lipinski definition) is 2. The number of nitrogens with one attached hydrogen (secondary N) is 1. The third kappa shape index (κ3) is 3.33. The van der Waals surface area contributed by atoms with Crippen LogP contribution in [0.1, 0.15) is 28.5 Å². The lowest BCUT2D eigenvalue weighted by molar-refractivity contribution is 0.0697. The number of hydrogen-bond acceptors (Lipinski definition) is 5. The number of aromatic nitrogens is 2. The van der Waals surface area contributed by atoms with E-state index < -0.39 is 5.97 Å². The molecule has 0 bridgehead atoms. The molecule has 2 aromatic carbocycles. The van der Waals surface area contributed by atoms with Crippen LogP contribution in [-0.2, 0) is 6.42 Å². The first-order chi connectivity index (χ1) is 13.0. The molecule has 0 fully saturated rings. The van der Waals surface area contributed by atoms with Gasteiger partial charge in [0.2, 0.25) is 5.95 Å². The average Bonchev–Trinajstić information content (AvgIpc) is 2.97. The summed E-state index contributed by atoms with van der Waals surface area (Å²) in [6.45, 7) is 4.11. The molecule has 0 saturated carbocycles. The molecule has 6 heteroatoms.